The minimum atomic E-state index is 0.222. The Bertz CT molecular complexity index is 684. The zero-order valence-electron chi connectivity index (χ0n) is 14.3. The highest BCUT2D eigenvalue weighted by atomic mass is 35.5. The van der Waals surface area contributed by atoms with Crippen LogP contribution in [0.2, 0.25) is 5.02 Å². The van der Waals surface area contributed by atoms with Crippen molar-refractivity contribution in [1.29, 1.82) is 0 Å². The van der Waals surface area contributed by atoms with Crippen molar-refractivity contribution in [3.8, 4) is 0 Å². The number of nitrogens with one attached hydrogen (secondary N) is 1. The lowest BCUT2D eigenvalue weighted by molar-refractivity contribution is -0.131. The van der Waals surface area contributed by atoms with Gasteiger partial charge in [-0.3, -0.25) is 4.79 Å². The lowest BCUT2D eigenvalue weighted by Gasteiger charge is -2.36. The number of anilines is 1. The standard InChI is InChI=1S/C20H24ClN3O/c21-19-9-5-4-6-17(19)16-22-11-10-20(25)24-14-12-23(13-15-24)18-7-2-1-3-8-18/h1-9,22H,10-16H2. The molecule has 3 rings (SSSR count). The molecule has 5 heteroatoms. The molecule has 1 saturated heterocycles. The van der Waals surface area contributed by atoms with E-state index in [2.05, 4.69) is 34.5 Å². The quantitative estimate of drug-likeness (QED) is 0.806. The van der Waals surface area contributed by atoms with E-state index in [0.29, 0.717) is 19.5 Å². The number of nitrogens with zero attached hydrogens (tertiary/aromatic N) is 2. The smallest absolute Gasteiger partial charge is 0.223 e. The molecule has 0 spiro atoms. The maximum atomic E-state index is 12.4. The summed E-state index contributed by atoms with van der Waals surface area (Å²) in [6, 6.07) is 18.2. The summed E-state index contributed by atoms with van der Waals surface area (Å²) in [5, 5.41) is 4.07. The lowest BCUT2D eigenvalue weighted by atomic mass is 10.2. The number of amides is 1. The molecule has 25 heavy (non-hydrogen) atoms. The van der Waals surface area contributed by atoms with Gasteiger partial charge in [-0.25, -0.2) is 0 Å². The normalized spacial score (nSPS) is 14.6. The van der Waals surface area contributed by atoms with E-state index in [1.165, 1.54) is 5.69 Å². The van der Waals surface area contributed by atoms with E-state index in [1.807, 2.05) is 35.2 Å². The summed E-state index contributed by atoms with van der Waals surface area (Å²) in [7, 11) is 0. The summed E-state index contributed by atoms with van der Waals surface area (Å²) in [5.74, 6) is 0.222. The first-order valence-electron chi connectivity index (χ1n) is 8.76. The van der Waals surface area contributed by atoms with Crippen LogP contribution in [0, 0.1) is 0 Å². The molecule has 0 saturated carbocycles. The number of hydrogen-bond acceptors (Lipinski definition) is 3. The van der Waals surface area contributed by atoms with Crippen molar-refractivity contribution in [3.63, 3.8) is 0 Å². The molecule has 1 amide bonds. The summed E-state index contributed by atoms with van der Waals surface area (Å²) in [4.78, 5) is 16.7. The van der Waals surface area contributed by atoms with E-state index in [1.54, 1.807) is 0 Å². The molecular weight excluding hydrogens is 334 g/mol. The molecule has 132 valence electrons. The van der Waals surface area contributed by atoms with E-state index in [-0.39, 0.29) is 5.91 Å². The topological polar surface area (TPSA) is 35.6 Å². The molecule has 0 aliphatic carbocycles. The molecule has 0 aromatic heterocycles. The van der Waals surface area contributed by atoms with Gasteiger partial charge in [0.05, 0.1) is 0 Å². The number of halogens is 1. The van der Waals surface area contributed by atoms with Crippen LogP contribution in [0.4, 0.5) is 5.69 Å². The first-order valence-corrected chi connectivity index (χ1v) is 9.14. The predicted octanol–water partition coefficient (Wildman–Crippen LogP) is 3.17. The number of para-hydroxylation sites is 1. The first-order chi connectivity index (χ1) is 12.2. The summed E-state index contributed by atoms with van der Waals surface area (Å²) in [6.07, 6.45) is 0.524. The lowest BCUT2D eigenvalue weighted by Crippen LogP contribution is -2.49. The van der Waals surface area contributed by atoms with Crippen LogP contribution in [0.25, 0.3) is 0 Å². The van der Waals surface area contributed by atoms with Gasteiger partial charge in [-0.1, -0.05) is 48.0 Å². The number of carbonyl (C=O) groups excluding carboxylic acids is 1. The van der Waals surface area contributed by atoms with Crippen molar-refractivity contribution >= 4 is 23.2 Å². The van der Waals surface area contributed by atoms with E-state index < -0.39 is 0 Å². The molecule has 1 fully saturated rings. The second-order valence-corrected chi connectivity index (χ2v) is 6.63. The summed E-state index contributed by atoms with van der Waals surface area (Å²) in [6.45, 7) is 4.72. The van der Waals surface area contributed by atoms with Gasteiger partial charge < -0.3 is 15.1 Å². The highest BCUT2D eigenvalue weighted by Crippen LogP contribution is 2.16. The predicted molar refractivity (Wildman–Crippen MR) is 103 cm³/mol. The van der Waals surface area contributed by atoms with E-state index in [9.17, 15) is 4.79 Å². The minimum Gasteiger partial charge on any atom is -0.368 e. The van der Waals surface area contributed by atoms with Crippen molar-refractivity contribution in [1.82, 2.24) is 10.2 Å². The maximum Gasteiger partial charge on any atom is 0.223 e. The van der Waals surface area contributed by atoms with Crippen molar-refractivity contribution in [2.24, 2.45) is 0 Å². The highest BCUT2D eigenvalue weighted by molar-refractivity contribution is 6.31. The fourth-order valence-corrected chi connectivity index (χ4v) is 3.27. The molecule has 1 aliphatic heterocycles. The van der Waals surface area contributed by atoms with Gasteiger partial charge in [0.25, 0.3) is 0 Å². The molecule has 0 atom stereocenters. The molecule has 4 nitrogen and oxygen atoms in total. The molecular formula is C20H24ClN3O. The Morgan fingerprint density at radius 1 is 0.960 bits per heavy atom. The average molecular weight is 358 g/mol. The maximum absolute atomic E-state index is 12.4. The Kier molecular flexibility index (Phi) is 6.31. The third-order valence-corrected chi connectivity index (χ3v) is 4.91. The third-order valence-electron chi connectivity index (χ3n) is 4.54. The van der Waals surface area contributed by atoms with E-state index >= 15 is 0 Å². The molecule has 1 heterocycles. The number of rotatable bonds is 6. The van der Waals surface area contributed by atoms with E-state index in [4.69, 9.17) is 11.6 Å². The fourth-order valence-electron chi connectivity index (χ4n) is 3.07. The van der Waals surface area contributed by atoms with Crippen LogP contribution < -0.4 is 10.2 Å². The van der Waals surface area contributed by atoms with Crippen LogP contribution in [0.1, 0.15) is 12.0 Å². The summed E-state index contributed by atoms with van der Waals surface area (Å²) < 4.78 is 0. The van der Waals surface area contributed by atoms with Gasteiger partial charge in [0, 0.05) is 56.4 Å². The van der Waals surface area contributed by atoms with E-state index in [0.717, 1.165) is 36.8 Å². The van der Waals surface area contributed by atoms with Gasteiger partial charge in [-0.2, -0.15) is 0 Å². The molecule has 1 N–H and O–H groups in total. The van der Waals surface area contributed by atoms with Crippen LogP contribution in [0.3, 0.4) is 0 Å². The Morgan fingerprint density at radius 3 is 2.36 bits per heavy atom. The Hall–Kier alpha value is -2.04. The first kappa shape index (κ1) is 17.8. The van der Waals surface area contributed by atoms with Gasteiger partial charge in [0.1, 0.15) is 0 Å². The monoisotopic (exact) mass is 357 g/mol. The molecule has 1 aliphatic rings. The van der Waals surface area contributed by atoms with Gasteiger partial charge in [0.15, 0.2) is 0 Å². The van der Waals surface area contributed by atoms with Gasteiger partial charge >= 0.3 is 0 Å². The van der Waals surface area contributed by atoms with Crippen molar-refractivity contribution in [3.05, 3.63) is 65.2 Å². The fraction of sp³-hybridized carbons (Fsp3) is 0.350. The van der Waals surface area contributed by atoms with Crippen molar-refractivity contribution in [2.75, 3.05) is 37.6 Å². The molecule has 2 aromatic rings. The van der Waals surface area contributed by atoms with Gasteiger partial charge in [-0.15, -0.1) is 0 Å². The van der Waals surface area contributed by atoms with Crippen LogP contribution in [-0.4, -0.2) is 43.5 Å². The summed E-state index contributed by atoms with van der Waals surface area (Å²) in [5.41, 5.74) is 2.30. The molecule has 0 radical (unpaired) electrons. The van der Waals surface area contributed by atoms with Crippen LogP contribution >= 0.6 is 11.6 Å². The van der Waals surface area contributed by atoms with Crippen molar-refractivity contribution < 1.29 is 4.79 Å². The SMILES string of the molecule is O=C(CCNCc1ccccc1Cl)N1CCN(c2ccccc2)CC1. The second-order valence-electron chi connectivity index (χ2n) is 6.22. The largest absolute Gasteiger partial charge is 0.368 e. The van der Waals surface area contributed by atoms with Crippen molar-refractivity contribution in [2.45, 2.75) is 13.0 Å². The number of hydrogen-bond donors (Lipinski definition) is 1. The molecule has 0 unspecified atom stereocenters. The Labute approximate surface area is 154 Å². The van der Waals surface area contributed by atoms with Crippen LogP contribution in [-0.2, 0) is 11.3 Å². The zero-order valence-corrected chi connectivity index (χ0v) is 15.1. The van der Waals surface area contributed by atoms with Gasteiger partial charge in [0.2, 0.25) is 5.91 Å². The zero-order chi connectivity index (χ0) is 17.5. The second kappa shape index (κ2) is 8.88. The highest BCUT2D eigenvalue weighted by Gasteiger charge is 2.20. The minimum absolute atomic E-state index is 0.222. The van der Waals surface area contributed by atoms with Crippen LogP contribution in [0.5, 0.6) is 0 Å². The Morgan fingerprint density at radius 2 is 1.64 bits per heavy atom. The third kappa shape index (κ3) is 4.97. The van der Waals surface area contributed by atoms with Gasteiger partial charge in [-0.05, 0) is 23.8 Å². The number of piperazine rings is 1. The number of carbonyl (C=O) groups is 1. The number of benzene rings is 2. The Balaban J connectivity index is 1.37. The molecule has 2 aromatic carbocycles. The summed E-state index contributed by atoms with van der Waals surface area (Å²) >= 11 is 6.13. The average Bonchev–Trinajstić information content (AvgIpc) is 2.67. The molecule has 0 bridgehead atoms. The van der Waals surface area contributed by atoms with Crippen LogP contribution in [0.15, 0.2) is 54.6 Å².